The van der Waals surface area contributed by atoms with E-state index in [1.807, 2.05) is 40.7 Å². The highest BCUT2D eigenvalue weighted by Crippen LogP contribution is 2.30. The molecule has 0 saturated carbocycles. The number of amides is 2. The third-order valence-corrected chi connectivity index (χ3v) is 4.73. The van der Waals surface area contributed by atoms with Crippen molar-refractivity contribution in [3.8, 4) is 0 Å². The summed E-state index contributed by atoms with van der Waals surface area (Å²) in [5.74, 6) is -0.534. The van der Waals surface area contributed by atoms with Gasteiger partial charge in [0.1, 0.15) is 16.6 Å². The molecule has 1 aliphatic heterocycles. The molecule has 0 bridgehead atoms. The number of carbonyl (C=O) groups excluding carboxylic acids is 2. The number of nitrogens with two attached hydrogens (primary N) is 1. The number of hydrogen-bond donors (Lipinski definition) is 1. The molecule has 0 spiro atoms. The van der Waals surface area contributed by atoms with Crippen LogP contribution in [0.5, 0.6) is 0 Å². The number of fused-ring (bicyclic) bond motifs is 1. The summed E-state index contributed by atoms with van der Waals surface area (Å²) in [7, 11) is 0. The smallest absolute Gasteiger partial charge is 0.410 e. The van der Waals surface area contributed by atoms with Gasteiger partial charge in [-0.25, -0.2) is 4.79 Å². The van der Waals surface area contributed by atoms with E-state index in [0.29, 0.717) is 29.7 Å². The number of piperazine rings is 1. The molecule has 2 heterocycles. The minimum atomic E-state index is -0.538. The van der Waals surface area contributed by atoms with Gasteiger partial charge < -0.3 is 15.4 Å². The minimum Gasteiger partial charge on any atom is -0.444 e. The number of nitrogens with zero attached hydrogens (tertiary/aromatic N) is 4. The van der Waals surface area contributed by atoms with Crippen LogP contribution in [0.15, 0.2) is 24.5 Å². The Bertz CT molecular complexity index is 896. The first kappa shape index (κ1) is 19.9. The molecule has 1 fully saturated rings. The molecule has 2 aromatic rings. The lowest BCUT2D eigenvalue weighted by molar-refractivity contribution is 0.00567. The van der Waals surface area contributed by atoms with Crippen molar-refractivity contribution >= 4 is 28.7 Å². The van der Waals surface area contributed by atoms with Crippen LogP contribution in [-0.2, 0) is 4.74 Å². The van der Waals surface area contributed by atoms with Crippen LogP contribution in [0, 0.1) is 0 Å². The van der Waals surface area contributed by atoms with Gasteiger partial charge >= 0.3 is 6.09 Å². The summed E-state index contributed by atoms with van der Waals surface area (Å²) in [5, 5.41) is 0. The fourth-order valence-corrected chi connectivity index (χ4v) is 3.69. The second-order valence-corrected chi connectivity index (χ2v) is 8.24. The van der Waals surface area contributed by atoms with E-state index in [9.17, 15) is 9.59 Å². The van der Waals surface area contributed by atoms with Crippen LogP contribution in [0.4, 0.5) is 10.5 Å². The number of anilines is 1. The second kappa shape index (κ2) is 7.26. The summed E-state index contributed by atoms with van der Waals surface area (Å²) in [5.41, 5.74) is 7.27. The maximum absolute atomic E-state index is 12.6. The van der Waals surface area contributed by atoms with Gasteiger partial charge in [-0.2, -0.15) is 0 Å². The Hall–Kier alpha value is -2.90. The number of primary amides is 1. The monoisotopic (exact) mass is 385 g/mol. The molecule has 150 valence electrons. The topological polar surface area (TPSA) is 102 Å². The Kier molecular flexibility index (Phi) is 5.14. The molecule has 1 aliphatic rings. The highest BCUT2D eigenvalue weighted by molar-refractivity contribution is 6.06. The van der Waals surface area contributed by atoms with Gasteiger partial charge in [0.2, 0.25) is 0 Å². The molecular weight excluding hydrogens is 358 g/mol. The first-order chi connectivity index (χ1) is 13.1. The molecule has 1 saturated heterocycles. The van der Waals surface area contributed by atoms with Crippen LogP contribution in [0.1, 0.15) is 45.0 Å². The zero-order valence-corrected chi connectivity index (χ0v) is 17.0. The Morgan fingerprint density at radius 2 is 1.64 bits per heavy atom. The predicted molar refractivity (Wildman–Crippen MR) is 107 cm³/mol. The molecule has 1 aromatic heterocycles. The van der Waals surface area contributed by atoms with Gasteiger partial charge in [0.15, 0.2) is 0 Å². The summed E-state index contributed by atoms with van der Waals surface area (Å²) in [6, 6.07) is 3.42. The fraction of sp³-hybridized carbons (Fsp3) is 0.500. The highest BCUT2D eigenvalue weighted by atomic mass is 16.6. The number of benzene rings is 1. The van der Waals surface area contributed by atoms with Crippen molar-refractivity contribution in [1.82, 2.24) is 14.9 Å². The molecule has 2 N–H and O–H groups in total. The van der Waals surface area contributed by atoms with E-state index in [4.69, 9.17) is 10.5 Å². The third-order valence-electron chi connectivity index (χ3n) is 4.73. The van der Waals surface area contributed by atoms with E-state index in [1.165, 1.54) is 0 Å². The molecule has 0 aliphatic carbocycles. The Labute approximate surface area is 164 Å². The number of aromatic nitrogens is 2. The van der Waals surface area contributed by atoms with E-state index in [0.717, 1.165) is 5.69 Å². The van der Waals surface area contributed by atoms with E-state index in [2.05, 4.69) is 14.9 Å². The summed E-state index contributed by atoms with van der Waals surface area (Å²) in [4.78, 5) is 37.0. The van der Waals surface area contributed by atoms with Crippen LogP contribution in [0.2, 0.25) is 0 Å². The van der Waals surface area contributed by atoms with E-state index >= 15 is 0 Å². The Morgan fingerprint density at radius 3 is 2.18 bits per heavy atom. The zero-order valence-electron chi connectivity index (χ0n) is 17.0. The van der Waals surface area contributed by atoms with Crippen LogP contribution in [-0.4, -0.2) is 57.6 Å². The summed E-state index contributed by atoms with van der Waals surface area (Å²) < 4.78 is 5.57. The highest BCUT2D eigenvalue weighted by Gasteiger charge is 2.36. The summed E-state index contributed by atoms with van der Waals surface area (Å²) in [6.07, 6.45) is 2.84. The van der Waals surface area contributed by atoms with Gasteiger partial charge in [-0.1, -0.05) is 0 Å². The summed E-state index contributed by atoms with van der Waals surface area (Å²) in [6.45, 7) is 10.8. The van der Waals surface area contributed by atoms with Gasteiger partial charge in [0, 0.05) is 25.5 Å². The molecular formula is C20H27N5O3. The van der Waals surface area contributed by atoms with Gasteiger partial charge in [-0.3, -0.25) is 19.7 Å². The lowest BCUT2D eigenvalue weighted by atomic mass is 10.1. The van der Waals surface area contributed by atoms with Crippen LogP contribution in [0.3, 0.4) is 0 Å². The van der Waals surface area contributed by atoms with Gasteiger partial charge in [-0.05, 0) is 46.8 Å². The van der Waals surface area contributed by atoms with Crippen molar-refractivity contribution in [2.24, 2.45) is 5.73 Å². The van der Waals surface area contributed by atoms with Crippen LogP contribution < -0.4 is 10.6 Å². The van der Waals surface area contributed by atoms with Crippen molar-refractivity contribution in [1.29, 1.82) is 0 Å². The number of carbonyl (C=O) groups is 2. The van der Waals surface area contributed by atoms with Gasteiger partial charge in [0.05, 0.1) is 23.3 Å². The minimum absolute atomic E-state index is 0.0545. The molecule has 8 heteroatoms. The largest absolute Gasteiger partial charge is 0.444 e. The van der Waals surface area contributed by atoms with Crippen molar-refractivity contribution in [3.05, 3.63) is 30.1 Å². The maximum Gasteiger partial charge on any atom is 0.410 e. The lowest BCUT2D eigenvalue weighted by Crippen LogP contribution is -2.59. The SMILES string of the molecule is CC1CN(c2ccc(C(N)=O)c3nccnc23)C[C@@H](C)N1C(=O)OC(C)(C)C. The molecule has 2 atom stereocenters. The van der Waals surface area contributed by atoms with Crippen molar-refractivity contribution < 1.29 is 14.3 Å². The zero-order chi connectivity index (χ0) is 20.6. The molecule has 0 radical (unpaired) electrons. The van der Waals surface area contributed by atoms with E-state index in [-0.39, 0.29) is 18.2 Å². The molecule has 28 heavy (non-hydrogen) atoms. The summed E-state index contributed by atoms with van der Waals surface area (Å²) >= 11 is 0. The quantitative estimate of drug-likeness (QED) is 0.852. The van der Waals surface area contributed by atoms with Crippen molar-refractivity contribution in [2.75, 3.05) is 18.0 Å². The van der Waals surface area contributed by atoms with E-state index in [1.54, 1.807) is 23.4 Å². The average Bonchev–Trinajstić information content (AvgIpc) is 2.58. The Balaban J connectivity index is 1.91. The number of ether oxygens (including phenoxy) is 1. The second-order valence-electron chi connectivity index (χ2n) is 8.24. The number of hydrogen-bond acceptors (Lipinski definition) is 6. The van der Waals surface area contributed by atoms with Crippen molar-refractivity contribution in [3.63, 3.8) is 0 Å². The van der Waals surface area contributed by atoms with Crippen LogP contribution in [0.25, 0.3) is 11.0 Å². The van der Waals surface area contributed by atoms with E-state index < -0.39 is 11.5 Å². The Morgan fingerprint density at radius 1 is 1.07 bits per heavy atom. The lowest BCUT2D eigenvalue weighted by Gasteiger charge is -2.45. The van der Waals surface area contributed by atoms with Crippen LogP contribution >= 0.6 is 0 Å². The molecule has 8 nitrogen and oxygen atoms in total. The fourth-order valence-electron chi connectivity index (χ4n) is 3.69. The maximum atomic E-state index is 12.6. The van der Waals surface area contributed by atoms with Crippen molar-refractivity contribution in [2.45, 2.75) is 52.3 Å². The normalized spacial score (nSPS) is 20.3. The standard InChI is InChI=1S/C20H27N5O3/c1-12-10-24(11-13(2)25(12)19(27)28-20(3,4)5)15-7-6-14(18(21)26)16-17(15)23-9-8-22-16/h6-9,12-13H,10-11H2,1-5H3,(H2,21,26)/t12-,13?/m1/s1. The number of rotatable bonds is 2. The first-order valence-electron chi connectivity index (χ1n) is 9.38. The molecule has 1 aromatic carbocycles. The van der Waals surface area contributed by atoms with Gasteiger partial charge in [0.25, 0.3) is 5.91 Å². The predicted octanol–water partition coefficient (Wildman–Crippen LogP) is 2.56. The molecule has 1 unspecified atom stereocenters. The van der Waals surface area contributed by atoms with Gasteiger partial charge in [-0.15, -0.1) is 0 Å². The average molecular weight is 385 g/mol. The first-order valence-corrected chi connectivity index (χ1v) is 9.38. The molecule has 2 amide bonds. The molecule has 3 rings (SSSR count). The third kappa shape index (κ3) is 3.85.